The first-order chi connectivity index (χ1) is 15.7. The maximum atomic E-state index is 12.5. The molecule has 0 aliphatic carbocycles. The van der Waals surface area contributed by atoms with Gasteiger partial charge in [0.05, 0.1) is 12.6 Å². The van der Waals surface area contributed by atoms with Crippen LogP contribution in [0.1, 0.15) is 25.7 Å². The number of pyridine rings is 1. The molecule has 2 fully saturated rings. The minimum Gasteiger partial charge on any atom is -0.497 e. The summed E-state index contributed by atoms with van der Waals surface area (Å²) in [6.07, 6.45) is 5.31. The average Bonchev–Trinajstić information content (AvgIpc) is 3.39. The number of hydrogen-bond acceptors (Lipinski definition) is 5. The Labute approximate surface area is 200 Å². The molecule has 33 heavy (non-hydrogen) atoms. The van der Waals surface area contributed by atoms with Crippen molar-refractivity contribution in [2.45, 2.75) is 37.9 Å². The number of hydrogen-bond donors (Lipinski definition) is 0. The average molecular weight is 469 g/mol. The van der Waals surface area contributed by atoms with Crippen molar-refractivity contribution in [1.29, 1.82) is 0 Å². The van der Waals surface area contributed by atoms with E-state index in [4.69, 9.17) is 14.2 Å². The van der Waals surface area contributed by atoms with Gasteiger partial charge in [-0.15, -0.1) is 12.4 Å². The Morgan fingerprint density at radius 3 is 2.45 bits per heavy atom. The molecule has 1 atom stereocenters. The summed E-state index contributed by atoms with van der Waals surface area (Å²) in [6, 6.07) is 16.2. The number of rotatable bonds is 5. The predicted octanol–water partition coefficient (Wildman–Crippen LogP) is 4.88. The number of amides is 1. The van der Waals surface area contributed by atoms with Crippen molar-refractivity contribution in [1.82, 2.24) is 9.88 Å². The van der Waals surface area contributed by atoms with Gasteiger partial charge >= 0.3 is 0 Å². The van der Waals surface area contributed by atoms with Crippen LogP contribution >= 0.6 is 12.4 Å². The van der Waals surface area contributed by atoms with Gasteiger partial charge in [-0.3, -0.25) is 9.78 Å². The van der Waals surface area contributed by atoms with E-state index in [1.165, 1.54) is 0 Å². The van der Waals surface area contributed by atoms with E-state index >= 15 is 0 Å². The Bertz CT molecular complexity index is 1090. The number of fused-ring (bicyclic) bond motifs is 1. The molecule has 3 heterocycles. The van der Waals surface area contributed by atoms with Gasteiger partial charge < -0.3 is 19.1 Å². The second kappa shape index (κ2) is 10.4. The van der Waals surface area contributed by atoms with E-state index < -0.39 is 0 Å². The number of carbonyl (C=O) groups is 1. The topological polar surface area (TPSA) is 60.9 Å². The van der Waals surface area contributed by atoms with Crippen LogP contribution < -0.4 is 9.47 Å². The van der Waals surface area contributed by atoms with Gasteiger partial charge in [-0.05, 0) is 54.8 Å². The standard InChI is InChI=1S/C26H28N2O4.ClH/c1-30-23-8-9-24-19(16-23)15-20(17-27-24)18-4-6-21(7-5-18)32-22-10-12-28(13-11-22)26(29)25-3-2-14-31-25;/h4-9,15-17,22,25H,2-3,10-14H2,1H3;1H/t25-;/m1./s1. The van der Waals surface area contributed by atoms with Gasteiger partial charge in [0, 0.05) is 49.7 Å². The van der Waals surface area contributed by atoms with Crippen molar-refractivity contribution in [2.75, 3.05) is 26.8 Å². The summed E-state index contributed by atoms with van der Waals surface area (Å²) in [6.45, 7) is 2.16. The minimum absolute atomic E-state index is 0. The molecule has 1 aromatic heterocycles. The van der Waals surface area contributed by atoms with Crippen LogP contribution in [0.3, 0.4) is 0 Å². The van der Waals surface area contributed by atoms with Crippen LogP contribution in [0, 0.1) is 0 Å². The summed E-state index contributed by atoms with van der Waals surface area (Å²) in [7, 11) is 1.67. The van der Waals surface area contributed by atoms with E-state index in [2.05, 4.69) is 23.2 Å². The minimum atomic E-state index is -0.231. The van der Waals surface area contributed by atoms with Gasteiger partial charge in [0.2, 0.25) is 0 Å². The van der Waals surface area contributed by atoms with E-state index in [1.807, 2.05) is 41.4 Å². The van der Waals surface area contributed by atoms with Crippen LogP contribution in [0.5, 0.6) is 11.5 Å². The molecule has 0 spiro atoms. The number of halogens is 1. The van der Waals surface area contributed by atoms with Gasteiger partial charge in [-0.25, -0.2) is 0 Å². The van der Waals surface area contributed by atoms with Crippen LogP contribution in [-0.2, 0) is 9.53 Å². The maximum Gasteiger partial charge on any atom is 0.251 e. The lowest BCUT2D eigenvalue weighted by Gasteiger charge is -2.33. The van der Waals surface area contributed by atoms with Crippen LogP contribution in [0.25, 0.3) is 22.0 Å². The maximum absolute atomic E-state index is 12.5. The summed E-state index contributed by atoms with van der Waals surface area (Å²) in [5, 5.41) is 1.05. The zero-order chi connectivity index (χ0) is 21.9. The lowest BCUT2D eigenvalue weighted by Crippen LogP contribution is -2.45. The number of ether oxygens (including phenoxy) is 3. The number of nitrogens with zero attached hydrogens (tertiary/aromatic N) is 2. The number of methoxy groups -OCH3 is 1. The zero-order valence-corrected chi connectivity index (χ0v) is 19.6. The van der Waals surface area contributed by atoms with E-state index in [9.17, 15) is 4.79 Å². The first-order valence-corrected chi connectivity index (χ1v) is 11.3. The number of piperidine rings is 1. The van der Waals surface area contributed by atoms with E-state index in [1.54, 1.807) is 7.11 Å². The largest absolute Gasteiger partial charge is 0.497 e. The van der Waals surface area contributed by atoms with Crippen LogP contribution in [0.15, 0.2) is 54.7 Å². The van der Waals surface area contributed by atoms with Crippen LogP contribution in [0.4, 0.5) is 0 Å². The summed E-state index contributed by atoms with van der Waals surface area (Å²) in [5.74, 6) is 1.82. The van der Waals surface area contributed by atoms with E-state index in [0.29, 0.717) is 6.61 Å². The number of aromatic nitrogens is 1. The Kier molecular flexibility index (Phi) is 7.36. The molecule has 0 bridgehead atoms. The monoisotopic (exact) mass is 468 g/mol. The molecule has 174 valence electrons. The van der Waals surface area contributed by atoms with Gasteiger partial charge in [0.25, 0.3) is 5.91 Å². The molecule has 2 aliphatic rings. The summed E-state index contributed by atoms with van der Waals surface area (Å²) < 4.78 is 17.1. The van der Waals surface area contributed by atoms with Crippen molar-refractivity contribution < 1.29 is 19.0 Å². The molecule has 7 heteroatoms. The molecule has 5 rings (SSSR count). The van der Waals surface area contributed by atoms with Gasteiger partial charge in [0.1, 0.15) is 23.7 Å². The molecule has 6 nitrogen and oxygen atoms in total. The zero-order valence-electron chi connectivity index (χ0n) is 18.7. The highest BCUT2D eigenvalue weighted by Gasteiger charge is 2.31. The fourth-order valence-electron chi connectivity index (χ4n) is 4.48. The molecule has 0 N–H and O–H groups in total. The molecule has 0 unspecified atom stereocenters. The quantitative estimate of drug-likeness (QED) is 0.534. The summed E-state index contributed by atoms with van der Waals surface area (Å²) >= 11 is 0. The fraction of sp³-hybridized carbons (Fsp3) is 0.385. The van der Waals surface area contributed by atoms with E-state index in [-0.39, 0.29) is 30.5 Å². The second-order valence-corrected chi connectivity index (χ2v) is 8.45. The smallest absolute Gasteiger partial charge is 0.251 e. The SMILES string of the molecule is COc1ccc2ncc(-c3ccc(OC4CCN(C(=O)[C@H]5CCCO5)CC4)cc3)cc2c1.Cl. The lowest BCUT2D eigenvalue weighted by atomic mass is 10.0. The molecule has 2 saturated heterocycles. The first kappa shape index (κ1) is 23.3. The van der Waals surface area contributed by atoms with Crippen molar-refractivity contribution >= 4 is 29.2 Å². The van der Waals surface area contributed by atoms with Crippen LogP contribution in [-0.4, -0.2) is 54.8 Å². The number of carbonyl (C=O) groups excluding carboxylic acids is 1. The van der Waals surface area contributed by atoms with Crippen molar-refractivity contribution in [3.05, 3.63) is 54.7 Å². The predicted molar refractivity (Wildman–Crippen MR) is 130 cm³/mol. The Morgan fingerprint density at radius 2 is 1.76 bits per heavy atom. The van der Waals surface area contributed by atoms with Crippen LogP contribution in [0.2, 0.25) is 0 Å². The van der Waals surface area contributed by atoms with Gasteiger partial charge in [-0.1, -0.05) is 12.1 Å². The number of likely N-dealkylation sites (tertiary alicyclic amines) is 1. The highest BCUT2D eigenvalue weighted by atomic mass is 35.5. The Balaban J connectivity index is 0.00000259. The molecular weight excluding hydrogens is 440 g/mol. The number of benzene rings is 2. The fourth-order valence-corrected chi connectivity index (χ4v) is 4.48. The molecule has 2 aliphatic heterocycles. The van der Waals surface area contributed by atoms with Crippen molar-refractivity contribution in [3.63, 3.8) is 0 Å². The summed E-state index contributed by atoms with van der Waals surface area (Å²) in [5.41, 5.74) is 3.09. The van der Waals surface area contributed by atoms with Crippen molar-refractivity contribution in [3.8, 4) is 22.6 Å². The lowest BCUT2D eigenvalue weighted by molar-refractivity contribution is -0.142. The third-order valence-electron chi connectivity index (χ3n) is 6.34. The molecule has 1 amide bonds. The molecule has 0 radical (unpaired) electrons. The molecule has 2 aromatic carbocycles. The second-order valence-electron chi connectivity index (χ2n) is 8.45. The Hall–Kier alpha value is -2.83. The third-order valence-corrected chi connectivity index (χ3v) is 6.34. The Morgan fingerprint density at radius 1 is 1.00 bits per heavy atom. The van der Waals surface area contributed by atoms with Gasteiger partial charge in [0.15, 0.2) is 0 Å². The van der Waals surface area contributed by atoms with E-state index in [0.717, 1.165) is 72.3 Å². The third kappa shape index (κ3) is 5.23. The molecule has 0 saturated carbocycles. The molecular formula is C26H29ClN2O4. The first-order valence-electron chi connectivity index (χ1n) is 11.3. The summed E-state index contributed by atoms with van der Waals surface area (Å²) in [4.78, 5) is 19.0. The van der Waals surface area contributed by atoms with Gasteiger partial charge in [-0.2, -0.15) is 0 Å². The highest BCUT2D eigenvalue weighted by Crippen LogP contribution is 2.28. The normalized spacial score (nSPS) is 18.7. The molecule has 3 aromatic rings. The van der Waals surface area contributed by atoms with Crippen molar-refractivity contribution in [2.24, 2.45) is 0 Å². The highest BCUT2D eigenvalue weighted by molar-refractivity contribution is 5.85.